The summed E-state index contributed by atoms with van der Waals surface area (Å²) in [5.41, 5.74) is 0. The summed E-state index contributed by atoms with van der Waals surface area (Å²) in [4.78, 5) is 0. The van der Waals surface area contributed by atoms with E-state index >= 15 is 0 Å². The second kappa shape index (κ2) is 15.1. The van der Waals surface area contributed by atoms with Crippen molar-refractivity contribution in [2.45, 2.75) is 79.1 Å². The van der Waals surface area contributed by atoms with E-state index in [-0.39, 0.29) is 0 Å². The fourth-order valence-electron chi connectivity index (χ4n) is 2.64. The van der Waals surface area contributed by atoms with Gasteiger partial charge >= 0.3 is 25.3 Å². The molecule has 0 saturated carbocycles. The third-order valence-corrected chi connectivity index (χ3v) is 9.00. The summed E-state index contributed by atoms with van der Waals surface area (Å²) < 4.78 is 39.3. The van der Waals surface area contributed by atoms with Crippen LogP contribution in [0.25, 0.3) is 0 Å². The van der Waals surface area contributed by atoms with Gasteiger partial charge in [0, 0.05) is 7.26 Å². The van der Waals surface area contributed by atoms with Crippen molar-refractivity contribution < 1.29 is 16.8 Å². The van der Waals surface area contributed by atoms with Crippen LogP contribution in [0.4, 0.5) is 16.8 Å². The third kappa shape index (κ3) is 18.6. The number of hydrogen-bond acceptors (Lipinski definition) is 0. The number of halogens is 4. The summed E-state index contributed by atoms with van der Waals surface area (Å²) in [7, 11) is -7.17. The van der Waals surface area contributed by atoms with Crippen molar-refractivity contribution in [1.29, 1.82) is 0 Å². The average molecular weight is 367 g/mol. The van der Waals surface area contributed by atoms with Gasteiger partial charge in [-0.15, -0.1) is 0 Å². The van der Waals surface area contributed by atoms with Crippen LogP contribution in [0.2, 0.25) is 0 Å². The molecule has 0 aromatic rings. The zero-order chi connectivity index (χ0) is 17.5. The third-order valence-electron chi connectivity index (χ3n) is 3.94. The van der Waals surface area contributed by atoms with Crippen molar-refractivity contribution in [3.05, 3.63) is 0 Å². The van der Waals surface area contributed by atoms with E-state index < -0.39 is 15.8 Å². The Labute approximate surface area is 137 Å². The molecule has 0 aliphatic carbocycles. The number of hydrogen-bond donors (Lipinski definition) is 0. The molecular formula is C16H37F4P2. The molecule has 0 N–H and O–H groups in total. The van der Waals surface area contributed by atoms with E-state index in [9.17, 15) is 16.8 Å². The molecule has 139 valence electrons. The van der Waals surface area contributed by atoms with Gasteiger partial charge in [-0.3, -0.25) is 0 Å². The van der Waals surface area contributed by atoms with Gasteiger partial charge in [-0.25, -0.2) is 0 Å². The summed E-state index contributed by atoms with van der Waals surface area (Å²) >= 11 is 0. The Bertz CT molecular complexity index is 189. The Morgan fingerprint density at radius 3 is 0.864 bits per heavy atom. The van der Waals surface area contributed by atoms with Crippen molar-refractivity contribution in [2.75, 3.05) is 24.6 Å². The van der Waals surface area contributed by atoms with E-state index in [4.69, 9.17) is 0 Å². The predicted octanol–water partition coefficient (Wildman–Crippen LogP) is 8.48. The van der Waals surface area contributed by atoms with E-state index in [1.807, 2.05) is 0 Å². The molecule has 6 heteroatoms. The minimum absolute atomic E-state index is 0.562. The van der Waals surface area contributed by atoms with Crippen LogP contribution >= 0.6 is 15.8 Å². The van der Waals surface area contributed by atoms with Gasteiger partial charge in [0.15, 0.2) is 0 Å². The van der Waals surface area contributed by atoms with Crippen molar-refractivity contribution >= 4 is 15.8 Å². The Balaban J connectivity index is 0. The quantitative estimate of drug-likeness (QED) is 0.240. The first-order chi connectivity index (χ1) is 10.2. The first-order valence-corrected chi connectivity index (χ1v) is 12.9. The van der Waals surface area contributed by atoms with E-state index in [1.165, 1.54) is 51.4 Å². The maximum atomic E-state index is 9.83. The Hall–Kier alpha value is 0.580. The van der Waals surface area contributed by atoms with Crippen molar-refractivity contribution in [1.82, 2.24) is 0 Å². The predicted molar refractivity (Wildman–Crippen MR) is 98.8 cm³/mol. The molecule has 0 bridgehead atoms. The van der Waals surface area contributed by atoms with Gasteiger partial charge in [0.05, 0.1) is 24.6 Å². The summed E-state index contributed by atoms with van der Waals surface area (Å²) in [6, 6.07) is 0. The van der Waals surface area contributed by atoms with Crippen molar-refractivity contribution in [2.24, 2.45) is 0 Å². The molecule has 0 heterocycles. The van der Waals surface area contributed by atoms with Crippen molar-refractivity contribution in [3.8, 4) is 0 Å². The van der Waals surface area contributed by atoms with Crippen LogP contribution in [0.15, 0.2) is 0 Å². The summed E-state index contributed by atoms with van der Waals surface area (Å²) in [5.74, 6) is 0. The van der Waals surface area contributed by atoms with Gasteiger partial charge in [-0.1, -0.05) is 53.4 Å². The fraction of sp³-hybridized carbons (Fsp3) is 1.00. The molecule has 0 nitrogen and oxygen atoms in total. The average Bonchev–Trinajstić information content (AvgIpc) is 2.44. The van der Waals surface area contributed by atoms with Crippen LogP contribution in [0.3, 0.4) is 0 Å². The molecule has 0 atom stereocenters. The Kier molecular flexibility index (Phi) is 17.1. The SMILES string of the molecule is CCCC[P+](CCCC)(CCCC)CCCC.F[PH-](F)(F)F. The van der Waals surface area contributed by atoms with Crippen LogP contribution in [-0.4, -0.2) is 24.6 Å². The first-order valence-electron chi connectivity index (χ1n) is 8.85. The number of unbranched alkanes of at least 4 members (excludes halogenated alkanes) is 4. The van der Waals surface area contributed by atoms with Crippen LogP contribution in [0.5, 0.6) is 0 Å². The zero-order valence-electron chi connectivity index (χ0n) is 14.9. The number of rotatable bonds is 12. The Morgan fingerprint density at radius 2 is 0.727 bits per heavy atom. The Morgan fingerprint density at radius 1 is 0.545 bits per heavy atom. The first kappa shape index (κ1) is 24.8. The second-order valence-electron chi connectivity index (χ2n) is 6.08. The molecule has 0 fully saturated rings. The molecule has 0 spiro atoms. The molecule has 0 aliphatic rings. The summed E-state index contributed by atoms with van der Waals surface area (Å²) in [6.07, 6.45) is 17.9. The van der Waals surface area contributed by atoms with Crippen molar-refractivity contribution in [3.63, 3.8) is 0 Å². The van der Waals surface area contributed by atoms with Gasteiger partial charge in [-0.05, 0) is 25.7 Å². The van der Waals surface area contributed by atoms with Crippen LogP contribution in [0.1, 0.15) is 79.1 Å². The molecule has 0 rings (SSSR count). The van der Waals surface area contributed by atoms with Gasteiger partial charge in [0.1, 0.15) is 0 Å². The van der Waals surface area contributed by atoms with Crippen LogP contribution < -0.4 is 0 Å². The van der Waals surface area contributed by atoms with Gasteiger partial charge < -0.3 is 0 Å². The van der Waals surface area contributed by atoms with Gasteiger partial charge in [-0.2, -0.15) is 0 Å². The molecular weight excluding hydrogens is 330 g/mol. The molecule has 0 saturated heterocycles. The second-order valence-corrected chi connectivity index (χ2v) is 11.4. The monoisotopic (exact) mass is 367 g/mol. The van der Waals surface area contributed by atoms with E-state index in [0.29, 0.717) is 0 Å². The van der Waals surface area contributed by atoms with Crippen LogP contribution in [-0.2, 0) is 0 Å². The molecule has 0 amide bonds. The van der Waals surface area contributed by atoms with Crippen LogP contribution in [0, 0.1) is 0 Å². The molecule has 22 heavy (non-hydrogen) atoms. The zero-order valence-corrected chi connectivity index (χ0v) is 16.8. The van der Waals surface area contributed by atoms with E-state index in [0.717, 1.165) is 0 Å². The summed E-state index contributed by atoms with van der Waals surface area (Å²) in [6.45, 7) is 9.42. The van der Waals surface area contributed by atoms with E-state index in [1.54, 1.807) is 24.6 Å². The molecule has 0 aromatic carbocycles. The minimum atomic E-state index is -6.61. The molecule has 0 unspecified atom stereocenters. The fourth-order valence-corrected chi connectivity index (χ4v) is 7.93. The normalized spacial score (nSPS) is 12.7. The summed E-state index contributed by atoms with van der Waals surface area (Å²) in [5, 5.41) is 0. The standard InChI is InChI=1S/C16H36P.F4HP/c1-5-9-13-17(14-10-6-2,15-11-7-3)16-12-8-4;1-5(2,3)4/h5-16H2,1-4H3;5H/q+1;-1. The molecule has 0 aliphatic heterocycles. The van der Waals surface area contributed by atoms with E-state index in [2.05, 4.69) is 27.7 Å². The molecule has 0 radical (unpaired) electrons. The molecule has 0 aromatic heterocycles. The van der Waals surface area contributed by atoms with Gasteiger partial charge in [0.25, 0.3) is 0 Å². The topological polar surface area (TPSA) is 0 Å². The maximum absolute atomic E-state index is 9.83. The van der Waals surface area contributed by atoms with Gasteiger partial charge in [0.2, 0.25) is 0 Å².